The normalized spacial score (nSPS) is 13.1. The van der Waals surface area contributed by atoms with Crippen molar-refractivity contribution in [3.8, 4) is 89.0 Å². The van der Waals surface area contributed by atoms with Crippen molar-refractivity contribution in [2.24, 2.45) is 0 Å². The van der Waals surface area contributed by atoms with Gasteiger partial charge < -0.3 is 23.5 Å². The van der Waals surface area contributed by atoms with Gasteiger partial charge in [0, 0.05) is 97.8 Å². The molecule has 21 aromatic carbocycles. The van der Waals surface area contributed by atoms with Gasteiger partial charge in [0.1, 0.15) is 11.2 Å². The van der Waals surface area contributed by atoms with Crippen LogP contribution in [-0.4, -0.2) is 0 Å². The predicted molar refractivity (Wildman–Crippen MR) is 588 cm³/mol. The van der Waals surface area contributed by atoms with E-state index in [9.17, 15) is 0 Å². The van der Waals surface area contributed by atoms with Gasteiger partial charge in [0.25, 0.3) is 0 Å². The van der Waals surface area contributed by atoms with Crippen LogP contribution >= 0.6 is 11.3 Å². The van der Waals surface area contributed by atoms with E-state index in [1.54, 1.807) is 0 Å². The third-order valence-corrected chi connectivity index (χ3v) is 30.6. The summed E-state index contributed by atoms with van der Waals surface area (Å²) < 4.78 is 16.4. The van der Waals surface area contributed by atoms with E-state index in [0.717, 1.165) is 84.3 Å². The maximum Gasteiger partial charge on any atom is 0.159 e. The topological polar surface area (TPSA) is 36.0 Å². The third-order valence-electron chi connectivity index (χ3n) is 29.4. The van der Waals surface area contributed by atoms with Gasteiger partial charge in [-0.2, -0.15) is 0 Å². The molecule has 27 rings (SSSR count). The molecule has 0 saturated carbocycles. The van der Waals surface area contributed by atoms with Crippen molar-refractivity contribution < 1.29 is 8.83 Å². The minimum Gasteiger partial charge on any atom is -0.454 e. The molecule has 5 nitrogen and oxygen atoms in total. The van der Waals surface area contributed by atoms with Crippen molar-refractivity contribution in [1.82, 2.24) is 0 Å². The summed E-state index contributed by atoms with van der Waals surface area (Å²) in [6.07, 6.45) is 0. The van der Waals surface area contributed by atoms with Gasteiger partial charge in [0.2, 0.25) is 0 Å². The van der Waals surface area contributed by atoms with Crippen LogP contribution < -0.4 is 14.7 Å². The Morgan fingerprint density at radius 2 is 0.518 bits per heavy atom. The number of nitrogens with zero attached hydrogens (tertiary/aromatic N) is 3. The number of benzene rings is 21. The standard InChI is InChI=1S/C45H33NO.C45H33NS.C43H31NO/c1-45(2)38-18-10-9-16-36(38)42-39(45)28-29-41-43(42)37-17-11-19-40(44(37)47-41)46(34-24-20-32(21-25-34)30-12-5-3-6-13-30)35-26-22-33(23-27-35)31-14-7-4-8-15-31;1-45(2)39-27-28-42-44(38-15-9-10-16-41(38)47-42)43(39)37-26-25-36(29-40(37)45)46(34-21-17-32(18-22-34)30-11-5-3-6-12-30)35-23-19-33(20-24-35)31-13-7-4-8-14-31;1-43(2)36-17-9-8-15-34(36)40-37(43)25-26-39-41(40)35-16-10-18-38(42(35)45-39)44(32-13-4-3-5-14-32)33-23-21-29(22-24-33)31-20-19-28-11-6-7-12-30(28)27-31/h2*3-29H,1-2H3;3-27H,1-2H3. The van der Waals surface area contributed by atoms with Gasteiger partial charge in [0.05, 0.1) is 11.4 Å². The average molecular weight is 1800 g/mol. The highest BCUT2D eigenvalue weighted by Gasteiger charge is 2.42. The van der Waals surface area contributed by atoms with E-state index in [4.69, 9.17) is 8.83 Å². The van der Waals surface area contributed by atoms with E-state index in [2.05, 4.69) is 535 Å². The van der Waals surface area contributed by atoms with Crippen LogP contribution in [-0.2, 0) is 16.2 Å². The van der Waals surface area contributed by atoms with Gasteiger partial charge in [-0.25, -0.2) is 0 Å². The van der Waals surface area contributed by atoms with E-state index in [-0.39, 0.29) is 16.2 Å². The molecule has 3 aromatic heterocycles. The molecule has 6 heteroatoms. The number of para-hydroxylation sites is 3. The summed E-state index contributed by atoms with van der Waals surface area (Å²) >= 11 is 1.90. The zero-order valence-corrected chi connectivity index (χ0v) is 79.0. The van der Waals surface area contributed by atoms with E-state index in [0.29, 0.717) is 0 Å². The molecule has 0 amide bonds. The van der Waals surface area contributed by atoms with Crippen molar-refractivity contribution in [1.29, 1.82) is 0 Å². The predicted octanol–water partition coefficient (Wildman–Crippen LogP) is 38.0. The van der Waals surface area contributed by atoms with Crippen LogP contribution in [0.5, 0.6) is 0 Å². The number of fused-ring (bicyclic) bond motifs is 22. The van der Waals surface area contributed by atoms with E-state index >= 15 is 0 Å². The van der Waals surface area contributed by atoms with Crippen LogP contribution in [0.15, 0.2) is 488 Å². The summed E-state index contributed by atoms with van der Waals surface area (Å²) in [5.41, 5.74) is 41.4. The zero-order valence-electron chi connectivity index (χ0n) is 78.2. The molecule has 0 atom stereocenters. The first-order valence-corrected chi connectivity index (χ1v) is 49.0. The number of furan rings is 2. The number of thiophene rings is 1. The summed E-state index contributed by atoms with van der Waals surface area (Å²) in [6, 6.07) is 173. The molecule has 139 heavy (non-hydrogen) atoms. The Kier molecular flexibility index (Phi) is 20.4. The Labute approximate surface area is 814 Å². The second-order valence-corrected chi connectivity index (χ2v) is 39.6. The molecule has 0 radical (unpaired) electrons. The Morgan fingerprint density at radius 1 is 0.194 bits per heavy atom. The molecule has 0 saturated heterocycles. The summed E-state index contributed by atoms with van der Waals surface area (Å²) in [6.45, 7) is 14.1. The molecule has 0 aliphatic heterocycles. The second kappa shape index (κ2) is 33.9. The van der Waals surface area contributed by atoms with Crippen LogP contribution in [0.25, 0.3) is 164 Å². The average Bonchev–Trinajstić information content (AvgIpc) is 1.55. The summed E-state index contributed by atoms with van der Waals surface area (Å²) in [5, 5.41) is 9.92. The van der Waals surface area contributed by atoms with Crippen LogP contribution in [0, 0.1) is 0 Å². The van der Waals surface area contributed by atoms with E-state index < -0.39 is 0 Å². The van der Waals surface area contributed by atoms with E-state index in [1.807, 2.05) is 11.3 Å². The fourth-order valence-corrected chi connectivity index (χ4v) is 23.6. The van der Waals surface area contributed by atoms with Gasteiger partial charge in [-0.1, -0.05) is 393 Å². The van der Waals surface area contributed by atoms with Crippen molar-refractivity contribution in [3.05, 3.63) is 513 Å². The monoisotopic (exact) mass is 1800 g/mol. The lowest BCUT2D eigenvalue weighted by Gasteiger charge is -2.28. The molecule has 0 fully saturated rings. The zero-order chi connectivity index (χ0) is 93.2. The van der Waals surface area contributed by atoms with Gasteiger partial charge in [-0.3, -0.25) is 0 Å². The molecule has 0 unspecified atom stereocenters. The van der Waals surface area contributed by atoms with Crippen LogP contribution in [0.3, 0.4) is 0 Å². The smallest absolute Gasteiger partial charge is 0.159 e. The third kappa shape index (κ3) is 14.3. The molecule has 3 heterocycles. The Balaban J connectivity index is 0.000000110. The van der Waals surface area contributed by atoms with Gasteiger partial charge in [-0.05, 0) is 261 Å². The summed E-state index contributed by atoms with van der Waals surface area (Å²) in [7, 11) is 0. The lowest BCUT2D eigenvalue weighted by Crippen LogP contribution is -2.16. The number of anilines is 9. The number of rotatable bonds is 14. The molecular formula is C133H97N3O2S. The van der Waals surface area contributed by atoms with Gasteiger partial charge in [-0.15, -0.1) is 11.3 Å². The lowest BCUT2D eigenvalue weighted by molar-refractivity contribution is 0.656. The largest absolute Gasteiger partial charge is 0.454 e. The SMILES string of the molecule is CC1(C)c2cc(N(c3ccc(-c4ccccc4)cc3)c3ccc(-c4ccccc4)cc3)ccc2-c2c1ccc1sc3ccccc3c21.CC1(C)c2ccccc2-c2c1ccc1oc3c(N(c4ccc(-c5ccccc5)cc4)c4ccc(-c5ccccc5)cc4)cccc3c21.CC1(C)c2ccccc2-c2c1ccc1oc3c(N(c4ccccc4)c4ccc(-c5ccc6ccccc6c5)cc4)cccc3c21. The van der Waals surface area contributed by atoms with Crippen molar-refractivity contribution >= 4 is 137 Å². The summed E-state index contributed by atoms with van der Waals surface area (Å²) in [4.78, 5) is 7.04. The first-order valence-electron chi connectivity index (χ1n) is 48.2. The highest BCUT2D eigenvalue weighted by molar-refractivity contribution is 7.26. The quantitative estimate of drug-likeness (QED) is 0.108. The molecular weight excluding hydrogens is 1700 g/mol. The molecule has 3 aliphatic rings. The first-order chi connectivity index (χ1) is 68.2. The van der Waals surface area contributed by atoms with Crippen molar-refractivity contribution in [2.45, 2.75) is 57.8 Å². The van der Waals surface area contributed by atoms with Crippen LogP contribution in [0.1, 0.15) is 74.9 Å². The van der Waals surface area contributed by atoms with E-state index in [1.165, 1.54) is 164 Å². The Morgan fingerprint density at radius 3 is 0.971 bits per heavy atom. The summed E-state index contributed by atoms with van der Waals surface area (Å²) in [5.74, 6) is 0. The minimum absolute atomic E-state index is 0.0653. The molecule has 3 aliphatic carbocycles. The van der Waals surface area contributed by atoms with Gasteiger partial charge in [0.15, 0.2) is 11.2 Å². The molecule has 0 bridgehead atoms. The Bertz CT molecular complexity index is 8680. The highest BCUT2D eigenvalue weighted by Crippen LogP contribution is 2.59. The fourth-order valence-electron chi connectivity index (χ4n) is 22.4. The first kappa shape index (κ1) is 83.9. The van der Waals surface area contributed by atoms with Crippen molar-refractivity contribution in [3.63, 3.8) is 0 Å². The minimum atomic E-state index is -0.127. The number of hydrogen-bond acceptors (Lipinski definition) is 6. The van der Waals surface area contributed by atoms with Crippen LogP contribution in [0.2, 0.25) is 0 Å². The molecule has 24 aromatic rings. The van der Waals surface area contributed by atoms with Crippen molar-refractivity contribution in [2.75, 3.05) is 14.7 Å². The highest BCUT2D eigenvalue weighted by atomic mass is 32.1. The molecule has 662 valence electrons. The molecule has 0 N–H and O–H groups in total. The van der Waals surface area contributed by atoms with Crippen LogP contribution in [0.4, 0.5) is 51.2 Å². The fraction of sp³-hybridized carbons (Fsp3) is 0.0677. The maximum absolute atomic E-state index is 6.86. The molecule has 0 spiro atoms. The lowest BCUT2D eigenvalue weighted by atomic mass is 9.82. The van der Waals surface area contributed by atoms with Gasteiger partial charge >= 0.3 is 0 Å². The maximum atomic E-state index is 6.86. The second-order valence-electron chi connectivity index (χ2n) is 38.5. The number of hydrogen-bond donors (Lipinski definition) is 0. The Hall–Kier alpha value is -16.9.